The van der Waals surface area contributed by atoms with Crippen molar-refractivity contribution in [1.82, 2.24) is 4.90 Å². The van der Waals surface area contributed by atoms with Crippen LogP contribution in [0.3, 0.4) is 0 Å². The van der Waals surface area contributed by atoms with Gasteiger partial charge in [-0.15, -0.1) is 0 Å². The molecule has 0 spiro atoms. The maximum atomic E-state index is 12.2. The molecule has 124 valence electrons. The van der Waals surface area contributed by atoms with Crippen molar-refractivity contribution in [2.45, 2.75) is 52.8 Å². The number of hydrogen-bond donors (Lipinski definition) is 2. The molecule has 0 aliphatic carbocycles. The number of carbonyl (C=O) groups is 1. The van der Waals surface area contributed by atoms with Gasteiger partial charge < -0.3 is 20.7 Å². The Hall–Kier alpha value is -1.75. The van der Waals surface area contributed by atoms with Crippen LogP contribution >= 0.6 is 0 Å². The third kappa shape index (κ3) is 5.93. The SMILES string of the molecule is CCN(Cc1ccccc1NC(C)CN)C(=O)OC(C)(C)C. The van der Waals surface area contributed by atoms with Gasteiger partial charge >= 0.3 is 6.09 Å². The van der Waals surface area contributed by atoms with E-state index in [1.165, 1.54) is 0 Å². The molecule has 0 saturated heterocycles. The maximum absolute atomic E-state index is 12.2. The number of rotatable bonds is 6. The molecule has 22 heavy (non-hydrogen) atoms. The molecule has 1 aromatic rings. The first-order chi connectivity index (χ1) is 10.3. The number of carbonyl (C=O) groups excluding carboxylic acids is 1. The highest BCUT2D eigenvalue weighted by Gasteiger charge is 2.21. The first-order valence-electron chi connectivity index (χ1n) is 7.79. The Morgan fingerprint density at radius 2 is 2.00 bits per heavy atom. The van der Waals surface area contributed by atoms with Crippen molar-refractivity contribution in [2.75, 3.05) is 18.4 Å². The fourth-order valence-corrected chi connectivity index (χ4v) is 1.96. The fourth-order valence-electron chi connectivity index (χ4n) is 1.96. The van der Waals surface area contributed by atoms with Crippen LogP contribution in [0.5, 0.6) is 0 Å². The molecule has 5 heteroatoms. The molecule has 5 nitrogen and oxygen atoms in total. The summed E-state index contributed by atoms with van der Waals surface area (Å²) in [5.74, 6) is 0. The first kappa shape index (κ1) is 18.3. The van der Waals surface area contributed by atoms with Crippen molar-refractivity contribution in [1.29, 1.82) is 0 Å². The molecule has 1 amide bonds. The summed E-state index contributed by atoms with van der Waals surface area (Å²) in [6.45, 7) is 11.2. The molecule has 1 aromatic carbocycles. The lowest BCUT2D eigenvalue weighted by atomic mass is 10.1. The molecule has 0 heterocycles. The van der Waals surface area contributed by atoms with Crippen molar-refractivity contribution in [3.8, 4) is 0 Å². The van der Waals surface area contributed by atoms with Crippen LogP contribution in [0.25, 0.3) is 0 Å². The van der Waals surface area contributed by atoms with Crippen LogP contribution in [-0.4, -0.2) is 35.7 Å². The summed E-state index contributed by atoms with van der Waals surface area (Å²) in [5.41, 5.74) is 7.23. The average molecular weight is 307 g/mol. The molecule has 0 saturated carbocycles. The van der Waals surface area contributed by atoms with E-state index >= 15 is 0 Å². The summed E-state index contributed by atoms with van der Waals surface area (Å²) in [6, 6.07) is 8.14. The zero-order valence-electron chi connectivity index (χ0n) is 14.3. The maximum Gasteiger partial charge on any atom is 0.410 e. The Kier molecular flexibility index (Phi) is 6.68. The third-order valence-corrected chi connectivity index (χ3v) is 3.17. The summed E-state index contributed by atoms with van der Waals surface area (Å²) in [7, 11) is 0. The smallest absolute Gasteiger partial charge is 0.410 e. The Labute approximate surface area is 133 Å². The number of benzene rings is 1. The van der Waals surface area contributed by atoms with E-state index in [-0.39, 0.29) is 12.1 Å². The van der Waals surface area contributed by atoms with Gasteiger partial charge in [0, 0.05) is 24.8 Å². The Balaban J connectivity index is 2.85. The summed E-state index contributed by atoms with van der Waals surface area (Å²) < 4.78 is 5.45. The van der Waals surface area contributed by atoms with Gasteiger partial charge in [0.1, 0.15) is 5.60 Å². The number of hydrogen-bond acceptors (Lipinski definition) is 4. The second-order valence-electron chi connectivity index (χ2n) is 6.43. The van der Waals surface area contributed by atoms with Gasteiger partial charge in [-0.1, -0.05) is 18.2 Å². The van der Waals surface area contributed by atoms with E-state index in [0.717, 1.165) is 11.3 Å². The quantitative estimate of drug-likeness (QED) is 0.847. The molecule has 0 fully saturated rings. The van der Waals surface area contributed by atoms with Crippen molar-refractivity contribution in [3.05, 3.63) is 29.8 Å². The molecule has 0 radical (unpaired) electrons. The van der Waals surface area contributed by atoms with Crippen LogP contribution < -0.4 is 11.1 Å². The van der Waals surface area contributed by atoms with E-state index in [2.05, 4.69) is 5.32 Å². The number of nitrogens with one attached hydrogen (secondary N) is 1. The first-order valence-corrected chi connectivity index (χ1v) is 7.79. The van der Waals surface area contributed by atoms with Gasteiger partial charge in [0.25, 0.3) is 0 Å². The molecule has 3 N–H and O–H groups in total. The summed E-state index contributed by atoms with van der Waals surface area (Å²) >= 11 is 0. The largest absolute Gasteiger partial charge is 0.444 e. The Morgan fingerprint density at radius 1 is 1.36 bits per heavy atom. The normalized spacial score (nSPS) is 12.6. The highest BCUT2D eigenvalue weighted by Crippen LogP contribution is 2.19. The lowest BCUT2D eigenvalue weighted by molar-refractivity contribution is 0.0245. The second-order valence-corrected chi connectivity index (χ2v) is 6.43. The van der Waals surface area contributed by atoms with Crippen LogP contribution in [0.15, 0.2) is 24.3 Å². The lowest BCUT2D eigenvalue weighted by Gasteiger charge is -2.27. The predicted molar refractivity (Wildman–Crippen MR) is 90.9 cm³/mol. The minimum absolute atomic E-state index is 0.178. The van der Waals surface area contributed by atoms with Gasteiger partial charge in [0.15, 0.2) is 0 Å². The average Bonchev–Trinajstić information content (AvgIpc) is 2.44. The summed E-state index contributed by atoms with van der Waals surface area (Å²) in [4.78, 5) is 13.9. The van der Waals surface area contributed by atoms with E-state index in [0.29, 0.717) is 19.6 Å². The zero-order chi connectivity index (χ0) is 16.8. The van der Waals surface area contributed by atoms with Crippen molar-refractivity contribution in [2.24, 2.45) is 5.73 Å². The standard InChI is InChI=1S/C17H29N3O2/c1-6-20(16(21)22-17(3,4)5)12-14-9-7-8-10-15(14)19-13(2)11-18/h7-10,13,19H,6,11-12,18H2,1-5H3. The molecule has 1 rings (SSSR count). The molecule has 0 aliphatic rings. The second kappa shape index (κ2) is 8.03. The van der Waals surface area contributed by atoms with Crippen molar-refractivity contribution in [3.63, 3.8) is 0 Å². The van der Waals surface area contributed by atoms with Gasteiger partial charge in [-0.25, -0.2) is 4.79 Å². The number of para-hydroxylation sites is 1. The van der Waals surface area contributed by atoms with E-state index in [1.54, 1.807) is 4.90 Å². The van der Waals surface area contributed by atoms with Gasteiger partial charge in [-0.3, -0.25) is 0 Å². The molecular weight excluding hydrogens is 278 g/mol. The molecule has 1 atom stereocenters. The number of nitrogens with two attached hydrogens (primary N) is 1. The van der Waals surface area contributed by atoms with Crippen LogP contribution in [0.1, 0.15) is 40.2 Å². The highest BCUT2D eigenvalue weighted by atomic mass is 16.6. The van der Waals surface area contributed by atoms with E-state index in [4.69, 9.17) is 10.5 Å². The van der Waals surface area contributed by atoms with Gasteiger partial charge in [-0.05, 0) is 46.2 Å². The number of nitrogens with zero attached hydrogens (tertiary/aromatic N) is 1. The Bertz CT molecular complexity index is 483. The van der Waals surface area contributed by atoms with E-state index in [9.17, 15) is 4.79 Å². The fraction of sp³-hybridized carbons (Fsp3) is 0.588. The predicted octanol–water partition coefficient (Wildman–Crippen LogP) is 3.20. The lowest BCUT2D eigenvalue weighted by Crippen LogP contribution is -2.36. The topological polar surface area (TPSA) is 67.6 Å². The molecular formula is C17H29N3O2. The van der Waals surface area contributed by atoms with Gasteiger partial charge in [0.05, 0.1) is 6.54 Å². The van der Waals surface area contributed by atoms with Gasteiger partial charge in [-0.2, -0.15) is 0 Å². The summed E-state index contributed by atoms with van der Waals surface area (Å²) in [5, 5.41) is 3.37. The zero-order valence-corrected chi connectivity index (χ0v) is 14.3. The monoisotopic (exact) mass is 307 g/mol. The summed E-state index contributed by atoms with van der Waals surface area (Å²) in [6.07, 6.45) is -0.295. The van der Waals surface area contributed by atoms with Crippen LogP contribution in [0, 0.1) is 0 Å². The third-order valence-electron chi connectivity index (χ3n) is 3.17. The minimum Gasteiger partial charge on any atom is -0.444 e. The molecule has 0 aromatic heterocycles. The van der Waals surface area contributed by atoms with Crippen LogP contribution in [0.4, 0.5) is 10.5 Å². The minimum atomic E-state index is -0.490. The Morgan fingerprint density at radius 3 is 2.55 bits per heavy atom. The number of anilines is 1. The molecule has 0 bridgehead atoms. The number of amides is 1. The molecule has 1 unspecified atom stereocenters. The van der Waals surface area contributed by atoms with Crippen LogP contribution in [0.2, 0.25) is 0 Å². The van der Waals surface area contributed by atoms with E-state index in [1.807, 2.05) is 58.9 Å². The van der Waals surface area contributed by atoms with Crippen LogP contribution in [-0.2, 0) is 11.3 Å². The number of ether oxygens (including phenoxy) is 1. The molecule has 0 aliphatic heterocycles. The van der Waals surface area contributed by atoms with E-state index < -0.39 is 5.60 Å². The highest BCUT2D eigenvalue weighted by molar-refractivity contribution is 5.68. The van der Waals surface area contributed by atoms with Crippen molar-refractivity contribution >= 4 is 11.8 Å². The van der Waals surface area contributed by atoms with Gasteiger partial charge in [0.2, 0.25) is 0 Å². The van der Waals surface area contributed by atoms with Crippen molar-refractivity contribution < 1.29 is 9.53 Å².